The predicted octanol–water partition coefficient (Wildman–Crippen LogP) is 3.73. The molecule has 0 aliphatic carbocycles. The Kier molecular flexibility index (Phi) is 17.7. The zero-order chi connectivity index (χ0) is 16.7. The van der Waals surface area contributed by atoms with E-state index in [0.717, 1.165) is 11.8 Å². The van der Waals surface area contributed by atoms with Gasteiger partial charge in [0.1, 0.15) is 0 Å². The van der Waals surface area contributed by atoms with Gasteiger partial charge in [-0.1, -0.05) is 0 Å². The first-order chi connectivity index (χ1) is 9.83. The summed E-state index contributed by atoms with van der Waals surface area (Å²) in [5.74, 6) is 1.46. The second-order valence-electron chi connectivity index (χ2n) is 5.81. The van der Waals surface area contributed by atoms with Crippen molar-refractivity contribution in [3.8, 4) is 0 Å². The molecule has 0 aliphatic heterocycles. The van der Waals surface area contributed by atoms with Gasteiger partial charge >= 0.3 is 81.5 Å². The van der Waals surface area contributed by atoms with Gasteiger partial charge in [0.15, 0.2) is 0 Å². The van der Waals surface area contributed by atoms with Gasteiger partial charge in [-0.05, 0) is 12.8 Å². The zero-order valence-corrected chi connectivity index (χ0v) is 17.4. The second kappa shape index (κ2) is 16.1. The van der Waals surface area contributed by atoms with E-state index >= 15 is 0 Å². The first kappa shape index (κ1) is 23.0. The molecule has 0 rings (SSSR count). The van der Waals surface area contributed by atoms with Gasteiger partial charge in [-0.25, -0.2) is 0 Å². The molecule has 0 unspecified atom stereocenters. The van der Waals surface area contributed by atoms with E-state index in [9.17, 15) is 9.59 Å². The molecule has 0 atom stereocenters. The van der Waals surface area contributed by atoms with Crippen LogP contribution in [0.5, 0.6) is 0 Å². The summed E-state index contributed by atoms with van der Waals surface area (Å²) in [5.41, 5.74) is 0. The minimum absolute atomic E-state index is 0.0709. The first-order valence-corrected chi connectivity index (χ1v) is 11.7. The summed E-state index contributed by atoms with van der Waals surface area (Å²) in [7, 11) is 2.70. The van der Waals surface area contributed by atoms with Crippen LogP contribution in [0, 0.1) is 11.8 Å². The fourth-order valence-electron chi connectivity index (χ4n) is 1.40. The van der Waals surface area contributed by atoms with Gasteiger partial charge in [0, 0.05) is 12.8 Å². The first-order valence-electron chi connectivity index (χ1n) is 7.67. The number of unbranched alkanes of at least 4 members (excludes halogenated alkanes) is 1. The minimum Gasteiger partial charge on any atom is -0.469 e. The van der Waals surface area contributed by atoms with Crippen molar-refractivity contribution in [3.63, 3.8) is 0 Å². The molecule has 0 aromatic heterocycles. The molecule has 5 heteroatoms. The third-order valence-electron chi connectivity index (χ3n) is 2.57. The van der Waals surface area contributed by atoms with Gasteiger partial charge in [0.05, 0.1) is 14.2 Å². The molecule has 0 bridgehead atoms. The van der Waals surface area contributed by atoms with E-state index in [1.165, 1.54) is 14.2 Å². The summed E-state index contributed by atoms with van der Waals surface area (Å²) in [4.78, 5) is 21.2. The molecule has 0 aromatic rings. The van der Waals surface area contributed by atoms with Crippen molar-refractivity contribution in [3.05, 3.63) is 0 Å². The van der Waals surface area contributed by atoms with Crippen molar-refractivity contribution in [1.82, 2.24) is 0 Å². The Labute approximate surface area is 140 Å². The Morgan fingerprint density at radius 3 is 1.38 bits per heavy atom. The molecule has 0 fully saturated rings. The van der Waals surface area contributed by atoms with Gasteiger partial charge in [0.2, 0.25) is 0 Å². The maximum absolute atomic E-state index is 10.6. The van der Waals surface area contributed by atoms with Crippen molar-refractivity contribution in [1.29, 1.82) is 0 Å². The van der Waals surface area contributed by atoms with Crippen LogP contribution < -0.4 is 0 Å². The molecule has 0 saturated heterocycles. The Hall–Kier alpha value is -0.261. The maximum Gasteiger partial charge on any atom is 0.305 e. The van der Waals surface area contributed by atoms with Crippen LogP contribution in [0.3, 0.4) is 0 Å². The molecule has 0 spiro atoms. The van der Waals surface area contributed by atoms with Gasteiger partial charge in [-0.3, -0.25) is 9.59 Å². The van der Waals surface area contributed by atoms with Crippen molar-refractivity contribution in [2.45, 2.75) is 62.3 Å². The number of carbonyl (C=O) groups excluding carboxylic acids is 2. The van der Waals surface area contributed by atoms with Gasteiger partial charge in [0.25, 0.3) is 0 Å². The maximum atomic E-state index is 10.6. The van der Waals surface area contributed by atoms with E-state index in [1.54, 1.807) is 8.87 Å². The molecule has 0 saturated carbocycles. The molecular weight excluding hydrogens is 375 g/mol. The van der Waals surface area contributed by atoms with Crippen molar-refractivity contribution in [2.75, 3.05) is 14.2 Å². The predicted molar refractivity (Wildman–Crippen MR) is 87.5 cm³/mol. The van der Waals surface area contributed by atoms with Crippen LogP contribution in [0.25, 0.3) is 0 Å². The molecule has 0 aliphatic rings. The number of carbonyl (C=O) groups is 2. The summed E-state index contributed by atoms with van der Waals surface area (Å²) < 4.78 is 12.0. The number of methoxy groups -OCH3 is 2. The average molecular weight is 407 g/mol. The van der Waals surface area contributed by atoms with Gasteiger partial charge in [-0.15, -0.1) is 0 Å². The van der Waals surface area contributed by atoms with E-state index in [0.29, 0.717) is 25.7 Å². The van der Waals surface area contributed by atoms with Gasteiger partial charge < -0.3 is 9.47 Å². The summed E-state index contributed by atoms with van der Waals surface area (Å²) in [6, 6.07) is 0. The average Bonchev–Trinajstić information content (AvgIpc) is 2.42. The second-order valence-corrected chi connectivity index (χ2v) is 9.56. The van der Waals surface area contributed by atoms with Crippen molar-refractivity contribution >= 4 is 33.1 Å². The van der Waals surface area contributed by atoms with Crippen LogP contribution in [0.4, 0.5) is 0 Å². The number of hydrogen-bond donors (Lipinski definition) is 0. The number of rotatable bonds is 9. The fourth-order valence-corrected chi connectivity index (χ4v) is 5.17. The van der Waals surface area contributed by atoms with Crippen LogP contribution >= 0.6 is 0 Å². The van der Waals surface area contributed by atoms with Crippen LogP contribution in [-0.4, -0.2) is 47.3 Å². The van der Waals surface area contributed by atoms with Crippen LogP contribution in [0.15, 0.2) is 0 Å². The van der Waals surface area contributed by atoms with Gasteiger partial charge in [-0.2, -0.15) is 0 Å². The van der Waals surface area contributed by atoms with E-state index in [1.807, 2.05) is 0 Å². The monoisotopic (exact) mass is 408 g/mol. The van der Waals surface area contributed by atoms with E-state index in [-0.39, 0.29) is 33.1 Å². The third kappa shape index (κ3) is 22.2. The number of ether oxygens (including phenoxy) is 2. The SMILES string of the molecule is CC(C)[CH2][Sn][CH2]C(C)C.COC(=O)CCCCC(=O)OC. The van der Waals surface area contributed by atoms with Crippen molar-refractivity contribution in [2.24, 2.45) is 11.8 Å². The summed E-state index contributed by atoms with van der Waals surface area (Å²) in [5, 5.41) is 0. The zero-order valence-electron chi connectivity index (χ0n) is 14.5. The third-order valence-corrected chi connectivity index (χ3v) is 8.88. The largest absolute Gasteiger partial charge is 0.469 e. The quantitative estimate of drug-likeness (QED) is 0.332. The van der Waals surface area contributed by atoms with Crippen LogP contribution in [0.1, 0.15) is 53.4 Å². The molecule has 0 N–H and O–H groups in total. The number of esters is 2. The van der Waals surface area contributed by atoms with E-state index < -0.39 is 0 Å². The molecule has 2 radical (unpaired) electrons. The number of hydrogen-bond acceptors (Lipinski definition) is 4. The normalized spacial score (nSPS) is 10.1. The van der Waals surface area contributed by atoms with E-state index in [4.69, 9.17) is 0 Å². The fraction of sp³-hybridized carbons (Fsp3) is 0.875. The van der Waals surface area contributed by atoms with Crippen LogP contribution in [0.2, 0.25) is 8.87 Å². The summed E-state index contributed by atoms with van der Waals surface area (Å²) in [6.45, 7) is 9.34. The Balaban J connectivity index is 0. The Bertz CT molecular complexity index is 239. The van der Waals surface area contributed by atoms with Crippen LogP contribution in [-0.2, 0) is 19.1 Å². The molecule has 0 amide bonds. The smallest absolute Gasteiger partial charge is 0.305 e. The van der Waals surface area contributed by atoms with E-state index in [2.05, 4.69) is 37.2 Å². The molecule has 0 heterocycles. The minimum atomic E-state index is -0.236. The Morgan fingerprint density at radius 1 is 0.810 bits per heavy atom. The molecular formula is C16H32O4Sn. The molecule has 21 heavy (non-hydrogen) atoms. The summed E-state index contributed by atoms with van der Waals surface area (Å²) >= 11 is 0.0709. The van der Waals surface area contributed by atoms with Crippen molar-refractivity contribution < 1.29 is 19.1 Å². The Morgan fingerprint density at radius 2 is 1.14 bits per heavy atom. The topological polar surface area (TPSA) is 52.6 Å². The summed E-state index contributed by atoms with van der Waals surface area (Å²) in [6.07, 6.45) is 2.07. The molecule has 4 nitrogen and oxygen atoms in total. The molecule has 0 aromatic carbocycles. The molecule has 124 valence electrons. The standard InChI is InChI=1S/C8H14O4.2C4H9.Sn/c1-11-7(9)5-3-4-6-8(10)12-2;2*1-4(2)3;/h3-6H2,1-2H3;2*4H,1H2,2-3H3;.